The molecule has 1 aromatic rings. The predicted octanol–water partition coefficient (Wildman–Crippen LogP) is 3.20. The number of rotatable bonds is 3. The Bertz CT molecular complexity index is 320. The fourth-order valence-corrected chi connectivity index (χ4v) is 3.14. The number of aryl methyl sites for hydroxylation is 1. The Morgan fingerprint density at radius 1 is 1.33 bits per heavy atom. The Morgan fingerprint density at radius 3 is 2.60 bits per heavy atom. The highest BCUT2D eigenvalue weighted by Gasteiger charge is 2.31. The van der Waals surface area contributed by atoms with E-state index in [0.29, 0.717) is 5.88 Å². The summed E-state index contributed by atoms with van der Waals surface area (Å²) in [5.74, 6) is 0.658. The third-order valence-electron chi connectivity index (χ3n) is 2.96. The molecule has 1 heterocycles. The van der Waals surface area contributed by atoms with E-state index in [2.05, 4.69) is 15.5 Å². The Balaban J connectivity index is 2.06. The van der Waals surface area contributed by atoms with Crippen molar-refractivity contribution in [2.24, 2.45) is 0 Å². The summed E-state index contributed by atoms with van der Waals surface area (Å²) < 4.78 is 0. The van der Waals surface area contributed by atoms with Gasteiger partial charge in [0.15, 0.2) is 0 Å². The maximum Gasteiger partial charge on any atom is 0.206 e. The molecule has 5 heteroatoms. The molecule has 0 aliphatic heterocycles. The summed E-state index contributed by atoms with van der Waals surface area (Å²) in [7, 11) is 0. The first-order valence-corrected chi connectivity index (χ1v) is 6.73. The molecule has 0 unspecified atom stereocenters. The van der Waals surface area contributed by atoms with E-state index < -0.39 is 0 Å². The molecule has 3 nitrogen and oxygen atoms in total. The summed E-state index contributed by atoms with van der Waals surface area (Å²) in [5, 5.41) is 13.5. The molecule has 1 aliphatic carbocycles. The highest BCUT2D eigenvalue weighted by Crippen LogP contribution is 2.33. The number of hydrogen-bond acceptors (Lipinski definition) is 4. The minimum absolute atomic E-state index is 0.0613. The van der Waals surface area contributed by atoms with Crippen LogP contribution in [0, 0.1) is 6.92 Å². The van der Waals surface area contributed by atoms with Crippen molar-refractivity contribution in [3.05, 3.63) is 5.01 Å². The average Bonchev–Trinajstić information content (AvgIpc) is 2.65. The van der Waals surface area contributed by atoms with Crippen LogP contribution < -0.4 is 5.32 Å². The third kappa shape index (κ3) is 2.61. The number of halogens is 1. The molecule has 0 atom stereocenters. The first kappa shape index (κ1) is 11.1. The lowest BCUT2D eigenvalue weighted by Gasteiger charge is -2.36. The van der Waals surface area contributed by atoms with Gasteiger partial charge in [-0.2, -0.15) is 0 Å². The Morgan fingerprint density at radius 2 is 2.07 bits per heavy atom. The lowest BCUT2D eigenvalue weighted by atomic mass is 9.83. The van der Waals surface area contributed by atoms with Crippen molar-refractivity contribution in [2.45, 2.75) is 44.6 Å². The molecule has 1 N–H and O–H groups in total. The van der Waals surface area contributed by atoms with Crippen LogP contribution in [0.25, 0.3) is 0 Å². The second-order valence-electron chi connectivity index (χ2n) is 4.23. The number of nitrogens with zero attached hydrogens (tertiary/aromatic N) is 2. The second kappa shape index (κ2) is 4.66. The zero-order chi connectivity index (χ0) is 10.7. The van der Waals surface area contributed by atoms with Gasteiger partial charge in [-0.25, -0.2) is 0 Å². The van der Waals surface area contributed by atoms with Crippen molar-refractivity contribution in [1.29, 1.82) is 0 Å². The van der Waals surface area contributed by atoms with E-state index in [-0.39, 0.29) is 5.54 Å². The first-order valence-electron chi connectivity index (χ1n) is 5.38. The Kier molecular flexibility index (Phi) is 3.46. The van der Waals surface area contributed by atoms with Crippen LogP contribution in [0.15, 0.2) is 0 Å². The summed E-state index contributed by atoms with van der Waals surface area (Å²) >= 11 is 7.69. The van der Waals surface area contributed by atoms with Gasteiger partial charge >= 0.3 is 0 Å². The number of nitrogens with one attached hydrogen (secondary N) is 1. The fraction of sp³-hybridized carbons (Fsp3) is 0.800. The maximum absolute atomic E-state index is 6.09. The van der Waals surface area contributed by atoms with E-state index in [1.165, 1.54) is 19.3 Å². The zero-order valence-electron chi connectivity index (χ0n) is 8.92. The summed E-state index contributed by atoms with van der Waals surface area (Å²) in [6.07, 6.45) is 6.15. The van der Waals surface area contributed by atoms with Crippen LogP contribution in [0.2, 0.25) is 0 Å². The van der Waals surface area contributed by atoms with Crippen LogP contribution in [0.5, 0.6) is 0 Å². The van der Waals surface area contributed by atoms with Crippen molar-refractivity contribution in [2.75, 3.05) is 11.2 Å². The minimum atomic E-state index is 0.0613. The number of aromatic nitrogens is 2. The van der Waals surface area contributed by atoms with Crippen LogP contribution in [0.3, 0.4) is 0 Å². The van der Waals surface area contributed by atoms with Gasteiger partial charge in [0.25, 0.3) is 0 Å². The van der Waals surface area contributed by atoms with Crippen LogP contribution in [0.4, 0.5) is 5.13 Å². The maximum atomic E-state index is 6.09. The van der Waals surface area contributed by atoms with Crippen molar-refractivity contribution in [3.8, 4) is 0 Å². The smallest absolute Gasteiger partial charge is 0.206 e. The van der Waals surface area contributed by atoms with Gasteiger partial charge in [-0.1, -0.05) is 30.6 Å². The van der Waals surface area contributed by atoms with Crippen LogP contribution >= 0.6 is 22.9 Å². The third-order valence-corrected chi connectivity index (χ3v) is 4.23. The highest BCUT2D eigenvalue weighted by atomic mass is 35.5. The van der Waals surface area contributed by atoms with E-state index in [4.69, 9.17) is 11.6 Å². The highest BCUT2D eigenvalue weighted by molar-refractivity contribution is 7.15. The van der Waals surface area contributed by atoms with Crippen LogP contribution in [0.1, 0.15) is 37.1 Å². The van der Waals surface area contributed by atoms with Crippen LogP contribution in [-0.4, -0.2) is 21.6 Å². The van der Waals surface area contributed by atoms with Gasteiger partial charge in [-0.15, -0.1) is 21.8 Å². The summed E-state index contributed by atoms with van der Waals surface area (Å²) in [4.78, 5) is 0. The van der Waals surface area contributed by atoms with Crippen molar-refractivity contribution < 1.29 is 0 Å². The van der Waals surface area contributed by atoms with Gasteiger partial charge in [0.05, 0.1) is 5.54 Å². The molecule has 0 aromatic carbocycles. The molecular weight excluding hydrogens is 230 g/mol. The molecule has 15 heavy (non-hydrogen) atoms. The second-order valence-corrected chi connectivity index (χ2v) is 5.67. The van der Waals surface area contributed by atoms with Gasteiger partial charge in [0.2, 0.25) is 5.13 Å². The molecule has 1 aliphatic rings. The first-order chi connectivity index (χ1) is 7.24. The van der Waals surface area contributed by atoms with Crippen molar-refractivity contribution in [1.82, 2.24) is 10.2 Å². The molecule has 0 saturated heterocycles. The van der Waals surface area contributed by atoms with Gasteiger partial charge in [0.1, 0.15) is 5.01 Å². The van der Waals surface area contributed by atoms with E-state index in [9.17, 15) is 0 Å². The van der Waals surface area contributed by atoms with Gasteiger partial charge in [-0.05, 0) is 19.8 Å². The molecular formula is C10H16ClN3S. The lowest BCUT2D eigenvalue weighted by molar-refractivity contribution is 0.353. The Hall–Kier alpha value is -0.350. The topological polar surface area (TPSA) is 37.8 Å². The van der Waals surface area contributed by atoms with Crippen LogP contribution in [-0.2, 0) is 0 Å². The SMILES string of the molecule is Cc1nnc(NC2(CCl)CCCCC2)s1. The monoisotopic (exact) mass is 245 g/mol. The average molecular weight is 246 g/mol. The van der Waals surface area contributed by atoms with E-state index in [1.54, 1.807) is 11.3 Å². The van der Waals surface area contributed by atoms with Crippen molar-refractivity contribution >= 4 is 28.1 Å². The lowest BCUT2D eigenvalue weighted by Crippen LogP contribution is -2.42. The van der Waals surface area contributed by atoms with E-state index >= 15 is 0 Å². The molecule has 0 spiro atoms. The van der Waals surface area contributed by atoms with Gasteiger partial charge in [-0.3, -0.25) is 0 Å². The molecule has 1 aromatic heterocycles. The number of anilines is 1. The number of alkyl halides is 1. The molecule has 0 amide bonds. The Labute approximate surface area is 99.2 Å². The zero-order valence-corrected chi connectivity index (χ0v) is 10.5. The van der Waals surface area contributed by atoms with E-state index in [0.717, 1.165) is 23.0 Å². The standard InChI is InChI=1S/C10H16ClN3S/c1-8-13-14-9(15-8)12-10(7-11)5-3-2-4-6-10/h2-7H2,1H3,(H,12,14). The number of hydrogen-bond donors (Lipinski definition) is 1. The summed E-state index contributed by atoms with van der Waals surface area (Å²) in [6.45, 7) is 1.97. The van der Waals surface area contributed by atoms with E-state index in [1.807, 2.05) is 6.92 Å². The fourth-order valence-electron chi connectivity index (χ4n) is 2.09. The minimum Gasteiger partial charge on any atom is -0.353 e. The molecule has 1 fully saturated rings. The molecule has 0 radical (unpaired) electrons. The van der Waals surface area contributed by atoms with Gasteiger partial charge < -0.3 is 5.32 Å². The van der Waals surface area contributed by atoms with Gasteiger partial charge in [0, 0.05) is 5.88 Å². The normalized spacial score (nSPS) is 20.1. The quantitative estimate of drug-likeness (QED) is 0.831. The summed E-state index contributed by atoms with van der Waals surface area (Å²) in [6, 6.07) is 0. The molecule has 84 valence electrons. The molecule has 1 saturated carbocycles. The largest absolute Gasteiger partial charge is 0.353 e. The summed E-state index contributed by atoms with van der Waals surface area (Å²) in [5.41, 5.74) is 0.0613. The van der Waals surface area contributed by atoms with Crippen molar-refractivity contribution in [3.63, 3.8) is 0 Å². The molecule has 0 bridgehead atoms. The predicted molar refractivity (Wildman–Crippen MR) is 64.8 cm³/mol. The molecule has 2 rings (SSSR count).